The number of rotatable bonds is 5. The van der Waals surface area contributed by atoms with E-state index < -0.39 is 5.97 Å². The van der Waals surface area contributed by atoms with Crippen LogP contribution >= 0.6 is 11.3 Å². The summed E-state index contributed by atoms with van der Waals surface area (Å²) in [6.45, 7) is 2.64. The van der Waals surface area contributed by atoms with Gasteiger partial charge in [0.15, 0.2) is 0 Å². The van der Waals surface area contributed by atoms with Crippen LogP contribution in [0.2, 0.25) is 0 Å². The van der Waals surface area contributed by atoms with E-state index in [9.17, 15) is 9.59 Å². The minimum atomic E-state index is -0.456. The molecule has 2 aromatic heterocycles. The highest BCUT2D eigenvalue weighted by atomic mass is 32.1. The molecular formula is C16H20N2O4S. The SMILES string of the molecule is COCCOC(=O)Cn1cnc2sc3c(c2c1=O)CC[C@H](C)C3. The first-order valence-electron chi connectivity index (χ1n) is 7.74. The van der Waals surface area contributed by atoms with Crippen molar-refractivity contribution in [2.24, 2.45) is 5.92 Å². The maximum atomic E-state index is 12.7. The standard InChI is InChI=1S/C16H20N2O4S/c1-10-3-4-11-12(7-10)23-15-14(11)16(20)18(9-17-15)8-13(19)22-6-5-21-2/h9-10H,3-8H2,1-2H3/t10-/m0/s1. The third kappa shape index (κ3) is 3.30. The summed E-state index contributed by atoms with van der Waals surface area (Å²) in [5, 5.41) is 0.684. The fourth-order valence-corrected chi connectivity index (χ4v) is 4.24. The van der Waals surface area contributed by atoms with E-state index in [0.717, 1.165) is 29.7 Å². The monoisotopic (exact) mass is 336 g/mol. The molecule has 0 aliphatic heterocycles. The maximum Gasteiger partial charge on any atom is 0.326 e. The van der Waals surface area contributed by atoms with E-state index in [4.69, 9.17) is 9.47 Å². The van der Waals surface area contributed by atoms with Gasteiger partial charge in [-0.25, -0.2) is 4.98 Å². The van der Waals surface area contributed by atoms with Crippen molar-refractivity contribution >= 4 is 27.5 Å². The molecule has 0 radical (unpaired) electrons. The normalized spacial score (nSPS) is 17.2. The Balaban J connectivity index is 1.87. The van der Waals surface area contributed by atoms with Gasteiger partial charge in [0.25, 0.3) is 5.56 Å². The molecule has 7 heteroatoms. The molecule has 0 unspecified atom stereocenters. The van der Waals surface area contributed by atoms with Crippen LogP contribution in [0.3, 0.4) is 0 Å². The van der Waals surface area contributed by atoms with E-state index in [1.807, 2.05) is 0 Å². The second-order valence-corrected chi connectivity index (χ2v) is 7.01. The van der Waals surface area contributed by atoms with Crippen molar-refractivity contribution in [2.75, 3.05) is 20.3 Å². The Kier molecular flexibility index (Phi) is 4.77. The number of ether oxygens (including phenoxy) is 2. The molecule has 2 heterocycles. The van der Waals surface area contributed by atoms with Gasteiger partial charge in [0.1, 0.15) is 18.0 Å². The Labute approximate surface area is 138 Å². The fourth-order valence-electron chi connectivity index (χ4n) is 2.90. The maximum absolute atomic E-state index is 12.7. The van der Waals surface area contributed by atoms with Gasteiger partial charge >= 0.3 is 5.97 Å². The molecule has 0 saturated heterocycles. The molecule has 0 spiro atoms. The Hall–Kier alpha value is -1.73. The van der Waals surface area contributed by atoms with Gasteiger partial charge < -0.3 is 9.47 Å². The fraction of sp³-hybridized carbons (Fsp3) is 0.562. The number of carbonyl (C=O) groups is 1. The molecule has 0 bridgehead atoms. The lowest BCUT2D eigenvalue weighted by molar-refractivity contribution is -0.145. The van der Waals surface area contributed by atoms with Crippen molar-refractivity contribution in [3.05, 3.63) is 27.1 Å². The first kappa shape index (κ1) is 16.1. The lowest BCUT2D eigenvalue weighted by atomic mass is 9.89. The number of carbonyl (C=O) groups excluding carboxylic acids is 1. The predicted octanol–water partition coefficient (Wildman–Crippen LogP) is 1.77. The van der Waals surface area contributed by atoms with E-state index in [1.54, 1.807) is 11.3 Å². The predicted molar refractivity (Wildman–Crippen MR) is 87.9 cm³/mol. The Bertz CT molecular complexity index is 780. The second-order valence-electron chi connectivity index (χ2n) is 5.92. The summed E-state index contributed by atoms with van der Waals surface area (Å²) < 4.78 is 11.2. The Morgan fingerprint density at radius 2 is 2.30 bits per heavy atom. The number of thiophene rings is 1. The lowest BCUT2D eigenvalue weighted by Gasteiger charge is -2.17. The second kappa shape index (κ2) is 6.80. The van der Waals surface area contributed by atoms with Gasteiger partial charge in [-0.05, 0) is 30.7 Å². The third-order valence-electron chi connectivity index (χ3n) is 4.13. The molecule has 0 N–H and O–H groups in total. The van der Waals surface area contributed by atoms with Crippen LogP contribution in [-0.4, -0.2) is 35.8 Å². The van der Waals surface area contributed by atoms with Crippen molar-refractivity contribution in [3.63, 3.8) is 0 Å². The summed E-state index contributed by atoms with van der Waals surface area (Å²) in [5.41, 5.74) is 0.980. The van der Waals surface area contributed by atoms with Crippen LogP contribution in [0.1, 0.15) is 23.8 Å². The van der Waals surface area contributed by atoms with Gasteiger partial charge in [-0.15, -0.1) is 11.3 Å². The number of hydrogen-bond donors (Lipinski definition) is 0. The van der Waals surface area contributed by atoms with Gasteiger partial charge in [0, 0.05) is 12.0 Å². The van der Waals surface area contributed by atoms with Gasteiger partial charge in [0.05, 0.1) is 18.3 Å². The number of aromatic nitrogens is 2. The van der Waals surface area contributed by atoms with Gasteiger partial charge in [-0.2, -0.15) is 0 Å². The minimum Gasteiger partial charge on any atom is -0.462 e. The molecule has 0 fully saturated rings. The number of aryl methyl sites for hydroxylation is 1. The van der Waals surface area contributed by atoms with E-state index in [1.165, 1.54) is 22.9 Å². The summed E-state index contributed by atoms with van der Waals surface area (Å²) in [6, 6.07) is 0. The van der Waals surface area contributed by atoms with Gasteiger partial charge in [-0.3, -0.25) is 14.2 Å². The zero-order valence-electron chi connectivity index (χ0n) is 13.3. The number of esters is 1. The van der Waals surface area contributed by atoms with Gasteiger partial charge in [-0.1, -0.05) is 6.92 Å². The average molecular weight is 336 g/mol. The minimum absolute atomic E-state index is 0.119. The number of nitrogens with zero attached hydrogens (tertiary/aromatic N) is 2. The summed E-state index contributed by atoms with van der Waals surface area (Å²) >= 11 is 1.60. The zero-order chi connectivity index (χ0) is 16.4. The summed E-state index contributed by atoms with van der Waals surface area (Å²) in [4.78, 5) is 30.9. The first-order chi connectivity index (χ1) is 11.1. The van der Waals surface area contributed by atoms with Crippen LogP contribution in [0.15, 0.2) is 11.1 Å². The number of methoxy groups -OCH3 is 1. The molecule has 1 aliphatic rings. The number of hydrogen-bond acceptors (Lipinski definition) is 6. The Morgan fingerprint density at radius 1 is 1.48 bits per heavy atom. The molecule has 2 aromatic rings. The third-order valence-corrected chi connectivity index (χ3v) is 5.29. The average Bonchev–Trinajstić information content (AvgIpc) is 2.88. The van der Waals surface area contributed by atoms with E-state index in [0.29, 0.717) is 17.9 Å². The van der Waals surface area contributed by atoms with Crippen molar-refractivity contribution in [1.82, 2.24) is 9.55 Å². The van der Waals surface area contributed by atoms with E-state index in [-0.39, 0.29) is 18.7 Å². The van der Waals surface area contributed by atoms with Crippen LogP contribution in [0.25, 0.3) is 10.2 Å². The quantitative estimate of drug-likeness (QED) is 0.615. The van der Waals surface area contributed by atoms with Crippen LogP contribution in [0, 0.1) is 5.92 Å². The molecule has 124 valence electrons. The van der Waals surface area contributed by atoms with Gasteiger partial charge in [0.2, 0.25) is 0 Å². The topological polar surface area (TPSA) is 70.4 Å². The highest BCUT2D eigenvalue weighted by molar-refractivity contribution is 7.18. The highest BCUT2D eigenvalue weighted by Crippen LogP contribution is 2.35. The first-order valence-corrected chi connectivity index (χ1v) is 8.56. The van der Waals surface area contributed by atoms with Crippen LogP contribution in [-0.2, 0) is 33.7 Å². The van der Waals surface area contributed by atoms with Crippen molar-refractivity contribution in [1.29, 1.82) is 0 Å². The van der Waals surface area contributed by atoms with Crippen LogP contribution < -0.4 is 5.56 Å². The molecule has 0 saturated carbocycles. The summed E-state index contributed by atoms with van der Waals surface area (Å²) in [6.07, 6.45) is 4.45. The van der Waals surface area contributed by atoms with E-state index in [2.05, 4.69) is 11.9 Å². The van der Waals surface area contributed by atoms with E-state index >= 15 is 0 Å². The summed E-state index contributed by atoms with van der Waals surface area (Å²) in [5.74, 6) is 0.191. The number of fused-ring (bicyclic) bond motifs is 3. The summed E-state index contributed by atoms with van der Waals surface area (Å²) in [7, 11) is 1.54. The molecule has 6 nitrogen and oxygen atoms in total. The van der Waals surface area contributed by atoms with Crippen molar-refractivity contribution in [3.8, 4) is 0 Å². The largest absolute Gasteiger partial charge is 0.462 e. The van der Waals surface area contributed by atoms with Crippen molar-refractivity contribution < 1.29 is 14.3 Å². The Morgan fingerprint density at radius 3 is 3.09 bits per heavy atom. The highest BCUT2D eigenvalue weighted by Gasteiger charge is 2.23. The molecule has 0 aromatic carbocycles. The molecule has 0 amide bonds. The lowest BCUT2D eigenvalue weighted by Crippen LogP contribution is -2.26. The molecular weight excluding hydrogens is 316 g/mol. The molecule has 1 aliphatic carbocycles. The smallest absolute Gasteiger partial charge is 0.326 e. The van der Waals surface area contributed by atoms with Crippen molar-refractivity contribution in [2.45, 2.75) is 32.7 Å². The van der Waals surface area contributed by atoms with Crippen LogP contribution in [0.4, 0.5) is 0 Å². The molecule has 3 rings (SSSR count). The molecule has 23 heavy (non-hydrogen) atoms. The van der Waals surface area contributed by atoms with Crippen LogP contribution in [0.5, 0.6) is 0 Å². The molecule has 1 atom stereocenters. The zero-order valence-corrected chi connectivity index (χ0v) is 14.1.